The van der Waals surface area contributed by atoms with Crippen LogP contribution in [-0.4, -0.2) is 26.4 Å². The zero-order valence-corrected chi connectivity index (χ0v) is 18.8. The van der Waals surface area contributed by atoms with Crippen LogP contribution >= 0.6 is 0 Å². The molecule has 2 rings (SSSR count). The van der Waals surface area contributed by atoms with Crippen LogP contribution in [0.2, 0.25) is 0 Å². The quantitative estimate of drug-likeness (QED) is 0.388. The summed E-state index contributed by atoms with van der Waals surface area (Å²) in [6.45, 7) is 11.0. The Bertz CT molecular complexity index is 765. The van der Waals surface area contributed by atoms with Gasteiger partial charge in [0.1, 0.15) is 23.0 Å². The summed E-state index contributed by atoms with van der Waals surface area (Å²) in [5.74, 6) is 9.66. The minimum Gasteiger partial charge on any atom is -0.494 e. The highest BCUT2D eigenvalue weighted by Gasteiger charge is 2.07. The Labute approximate surface area is 181 Å². The number of hydrogen-bond donors (Lipinski definition) is 0. The highest BCUT2D eigenvalue weighted by Crippen LogP contribution is 2.27. The van der Waals surface area contributed by atoms with Gasteiger partial charge in [0, 0.05) is 0 Å². The molecular weight excluding hydrogens is 376 g/mol. The Morgan fingerprint density at radius 3 is 1.27 bits per heavy atom. The number of hydrogen-bond acceptors (Lipinski definition) is 4. The van der Waals surface area contributed by atoms with E-state index in [9.17, 15) is 0 Å². The topological polar surface area (TPSA) is 36.9 Å². The van der Waals surface area contributed by atoms with Crippen molar-refractivity contribution in [1.29, 1.82) is 0 Å². The molecule has 0 atom stereocenters. The van der Waals surface area contributed by atoms with E-state index in [0.717, 1.165) is 59.8 Å². The van der Waals surface area contributed by atoms with Crippen molar-refractivity contribution in [1.82, 2.24) is 0 Å². The monoisotopic (exact) mass is 410 g/mol. The molecule has 0 bridgehead atoms. The molecule has 0 heterocycles. The fourth-order valence-electron chi connectivity index (χ4n) is 2.64. The van der Waals surface area contributed by atoms with E-state index in [1.165, 1.54) is 0 Å². The molecule has 0 aromatic heterocycles. The molecule has 0 aliphatic carbocycles. The summed E-state index contributed by atoms with van der Waals surface area (Å²) in [6, 6.07) is 11.6. The lowest BCUT2D eigenvalue weighted by atomic mass is 10.1. The first-order valence-corrected chi connectivity index (χ1v) is 11.0. The lowest BCUT2D eigenvalue weighted by Gasteiger charge is -2.11. The summed E-state index contributed by atoms with van der Waals surface area (Å²) in [7, 11) is 0. The highest BCUT2D eigenvalue weighted by molar-refractivity contribution is 5.56. The van der Waals surface area contributed by atoms with Crippen molar-refractivity contribution in [2.24, 2.45) is 0 Å². The first-order chi connectivity index (χ1) is 14.7. The van der Waals surface area contributed by atoms with E-state index in [4.69, 9.17) is 18.9 Å². The Kier molecular flexibility index (Phi) is 10.5. The third kappa shape index (κ3) is 7.55. The van der Waals surface area contributed by atoms with Crippen LogP contribution in [0.25, 0.3) is 0 Å². The number of benzene rings is 2. The van der Waals surface area contributed by atoms with Gasteiger partial charge in [0.2, 0.25) is 0 Å². The van der Waals surface area contributed by atoms with Gasteiger partial charge in [-0.05, 0) is 62.1 Å². The summed E-state index contributed by atoms with van der Waals surface area (Å²) in [5.41, 5.74) is 1.61. The zero-order chi connectivity index (χ0) is 21.6. The van der Waals surface area contributed by atoms with E-state index in [0.29, 0.717) is 26.4 Å². The van der Waals surface area contributed by atoms with Crippen LogP contribution in [-0.2, 0) is 0 Å². The summed E-state index contributed by atoms with van der Waals surface area (Å²) in [6.07, 6.45) is 3.79. The lowest BCUT2D eigenvalue weighted by Crippen LogP contribution is -2.00. The maximum absolute atomic E-state index is 5.89. The molecule has 2 aromatic carbocycles. The van der Waals surface area contributed by atoms with Crippen molar-refractivity contribution in [3.8, 4) is 34.8 Å². The van der Waals surface area contributed by atoms with Crippen molar-refractivity contribution >= 4 is 0 Å². The fraction of sp³-hybridized carbons (Fsp3) is 0.462. The van der Waals surface area contributed by atoms with Gasteiger partial charge in [0.15, 0.2) is 0 Å². The first kappa shape index (κ1) is 23.5. The van der Waals surface area contributed by atoms with Crippen LogP contribution in [0.5, 0.6) is 23.0 Å². The second kappa shape index (κ2) is 13.4. The van der Waals surface area contributed by atoms with Gasteiger partial charge in [-0.15, -0.1) is 0 Å². The zero-order valence-electron chi connectivity index (χ0n) is 18.8. The SMILES string of the molecule is CCCOc1ccc(OCCC)c(C#Cc2cc(OCCC)ccc2OCCC)c1. The Morgan fingerprint density at radius 2 is 0.900 bits per heavy atom. The molecule has 0 N–H and O–H groups in total. The van der Waals surface area contributed by atoms with Crippen LogP contribution in [0.4, 0.5) is 0 Å². The van der Waals surface area contributed by atoms with Gasteiger partial charge < -0.3 is 18.9 Å². The molecule has 4 heteroatoms. The summed E-state index contributed by atoms with van der Waals surface area (Å²) in [5, 5.41) is 0. The maximum Gasteiger partial charge on any atom is 0.135 e. The molecule has 0 aliphatic rings. The minimum atomic E-state index is 0.648. The van der Waals surface area contributed by atoms with E-state index in [1.54, 1.807) is 0 Å². The molecule has 30 heavy (non-hydrogen) atoms. The largest absolute Gasteiger partial charge is 0.494 e. The third-order valence-electron chi connectivity index (χ3n) is 4.10. The van der Waals surface area contributed by atoms with Crippen molar-refractivity contribution < 1.29 is 18.9 Å². The minimum absolute atomic E-state index is 0.648. The van der Waals surface area contributed by atoms with Crippen LogP contribution in [0.3, 0.4) is 0 Å². The van der Waals surface area contributed by atoms with E-state index in [1.807, 2.05) is 36.4 Å². The molecule has 0 saturated carbocycles. The van der Waals surface area contributed by atoms with Crippen LogP contribution in [0.1, 0.15) is 64.5 Å². The van der Waals surface area contributed by atoms with Crippen LogP contribution in [0.15, 0.2) is 36.4 Å². The predicted molar refractivity (Wildman–Crippen MR) is 122 cm³/mol. The number of ether oxygens (including phenoxy) is 4. The summed E-state index contributed by atoms with van der Waals surface area (Å²) < 4.78 is 23.3. The summed E-state index contributed by atoms with van der Waals surface area (Å²) in [4.78, 5) is 0. The molecule has 0 aliphatic heterocycles. The van der Waals surface area contributed by atoms with E-state index < -0.39 is 0 Å². The molecule has 4 nitrogen and oxygen atoms in total. The molecule has 0 unspecified atom stereocenters. The molecule has 162 valence electrons. The van der Waals surface area contributed by atoms with Gasteiger partial charge in [0.05, 0.1) is 37.6 Å². The second-order valence-corrected chi connectivity index (χ2v) is 6.96. The Balaban J connectivity index is 2.38. The normalized spacial score (nSPS) is 10.1. The molecule has 0 radical (unpaired) electrons. The first-order valence-electron chi connectivity index (χ1n) is 11.0. The molecule has 2 aromatic rings. The molecule has 0 fully saturated rings. The highest BCUT2D eigenvalue weighted by atomic mass is 16.5. The molecular formula is C26H34O4. The molecule has 0 saturated heterocycles. The Hall–Kier alpha value is -2.80. The van der Waals surface area contributed by atoms with Gasteiger partial charge in [-0.25, -0.2) is 0 Å². The van der Waals surface area contributed by atoms with Gasteiger partial charge in [-0.1, -0.05) is 39.5 Å². The van der Waals surface area contributed by atoms with Gasteiger partial charge in [0.25, 0.3) is 0 Å². The van der Waals surface area contributed by atoms with E-state index in [2.05, 4.69) is 39.5 Å². The van der Waals surface area contributed by atoms with Crippen LogP contribution < -0.4 is 18.9 Å². The third-order valence-corrected chi connectivity index (χ3v) is 4.10. The number of rotatable bonds is 12. The second-order valence-electron chi connectivity index (χ2n) is 6.96. The average molecular weight is 411 g/mol. The average Bonchev–Trinajstić information content (AvgIpc) is 2.78. The van der Waals surface area contributed by atoms with Gasteiger partial charge in [-0.2, -0.15) is 0 Å². The van der Waals surface area contributed by atoms with Gasteiger partial charge >= 0.3 is 0 Å². The van der Waals surface area contributed by atoms with Crippen molar-refractivity contribution in [3.63, 3.8) is 0 Å². The van der Waals surface area contributed by atoms with Crippen molar-refractivity contribution in [2.45, 2.75) is 53.4 Å². The Morgan fingerprint density at radius 1 is 0.533 bits per heavy atom. The van der Waals surface area contributed by atoms with Crippen molar-refractivity contribution in [3.05, 3.63) is 47.5 Å². The smallest absolute Gasteiger partial charge is 0.135 e. The maximum atomic E-state index is 5.89. The van der Waals surface area contributed by atoms with E-state index in [-0.39, 0.29) is 0 Å². The van der Waals surface area contributed by atoms with Crippen molar-refractivity contribution in [2.75, 3.05) is 26.4 Å². The summed E-state index contributed by atoms with van der Waals surface area (Å²) >= 11 is 0. The van der Waals surface area contributed by atoms with Crippen LogP contribution in [0, 0.1) is 11.8 Å². The predicted octanol–water partition coefficient (Wildman–Crippen LogP) is 6.24. The van der Waals surface area contributed by atoms with Gasteiger partial charge in [-0.3, -0.25) is 0 Å². The fourth-order valence-corrected chi connectivity index (χ4v) is 2.64. The van der Waals surface area contributed by atoms with E-state index >= 15 is 0 Å². The molecule has 0 amide bonds. The lowest BCUT2D eigenvalue weighted by molar-refractivity contribution is 0.307. The molecule has 0 spiro atoms. The standard InChI is InChI=1S/C26H34O4/c1-5-15-27-23-11-13-25(29-17-7-3)21(19-23)9-10-22-20-24(28-16-6-2)12-14-26(22)30-18-8-4/h11-14,19-20H,5-8,15-18H2,1-4H3.